The Labute approximate surface area is 149 Å². The van der Waals surface area contributed by atoms with Gasteiger partial charge in [0.25, 0.3) is 0 Å². The van der Waals surface area contributed by atoms with E-state index in [1.807, 2.05) is 0 Å². The molecule has 0 aromatic carbocycles. The number of hydrogen-bond donors (Lipinski definition) is 2. The molecule has 138 valence electrons. The van der Waals surface area contributed by atoms with Crippen molar-refractivity contribution < 1.29 is 13.2 Å². The van der Waals surface area contributed by atoms with Gasteiger partial charge < -0.3 is 5.32 Å². The van der Waals surface area contributed by atoms with Crippen LogP contribution in [0.25, 0.3) is 22.4 Å². The number of H-pyrrole nitrogens is 1. The summed E-state index contributed by atoms with van der Waals surface area (Å²) in [4.78, 5) is 16.3. The van der Waals surface area contributed by atoms with Gasteiger partial charge in [-0.25, -0.2) is 15.0 Å². The van der Waals surface area contributed by atoms with Crippen LogP contribution >= 0.6 is 0 Å². The second kappa shape index (κ2) is 6.63. The van der Waals surface area contributed by atoms with Crippen molar-refractivity contribution in [1.29, 1.82) is 0 Å². The fourth-order valence-corrected chi connectivity index (χ4v) is 2.46. The lowest BCUT2D eigenvalue weighted by Gasteiger charge is -2.04. The van der Waals surface area contributed by atoms with Crippen LogP contribution < -0.4 is 5.32 Å². The molecule has 0 radical (unpaired) electrons. The Balaban J connectivity index is 1.51. The fourth-order valence-electron chi connectivity index (χ4n) is 2.46. The summed E-state index contributed by atoms with van der Waals surface area (Å²) in [5.74, 6) is 1.41. The van der Waals surface area contributed by atoms with E-state index in [0.717, 1.165) is 10.2 Å². The maximum Gasteiger partial charge on any atom is 0.408 e. The molecule has 27 heavy (non-hydrogen) atoms. The topological polar surface area (TPSA) is 110 Å². The highest BCUT2D eigenvalue weighted by molar-refractivity contribution is 5.85. The van der Waals surface area contributed by atoms with Crippen LogP contribution in [0.4, 0.5) is 19.0 Å². The summed E-state index contributed by atoms with van der Waals surface area (Å²) in [7, 11) is 0. The summed E-state index contributed by atoms with van der Waals surface area (Å²) in [6.45, 7) is -0.950. The molecule has 0 unspecified atom stereocenters. The molecule has 0 aliphatic rings. The summed E-state index contributed by atoms with van der Waals surface area (Å²) in [5, 5.41) is 14.1. The van der Waals surface area contributed by atoms with Crippen LogP contribution in [0.15, 0.2) is 37.1 Å². The van der Waals surface area contributed by atoms with E-state index in [1.165, 1.54) is 12.5 Å². The van der Waals surface area contributed by atoms with Crippen LogP contribution in [-0.2, 0) is 13.1 Å². The number of aromatic amines is 1. The highest BCUT2D eigenvalue weighted by Gasteiger charge is 2.28. The van der Waals surface area contributed by atoms with Gasteiger partial charge in [-0.1, -0.05) is 0 Å². The highest BCUT2D eigenvalue weighted by Crippen LogP contribution is 2.22. The first kappa shape index (κ1) is 16.9. The SMILES string of the molecule is FC(F)(F)Cn1cc2c(NCc3nc(-c4ccncc4)n[nH]3)ncnc2n1. The van der Waals surface area contributed by atoms with Crippen LogP contribution in [-0.4, -0.2) is 46.1 Å². The van der Waals surface area contributed by atoms with E-state index in [-0.39, 0.29) is 12.2 Å². The lowest BCUT2D eigenvalue weighted by atomic mass is 10.2. The van der Waals surface area contributed by atoms with E-state index < -0.39 is 12.7 Å². The Hall–Kier alpha value is -3.57. The normalized spacial score (nSPS) is 11.8. The maximum atomic E-state index is 12.5. The Morgan fingerprint density at radius 2 is 1.96 bits per heavy atom. The standard InChI is InChI=1S/C15H12F3N9/c16-15(17,18)7-27-6-10-13(21-8-22-14(10)26-27)20-5-11-23-12(25-24-11)9-1-3-19-4-2-9/h1-4,6,8H,5,7H2,(H,23,24,25)(H,20,21,22,26). The number of rotatable bonds is 5. The lowest BCUT2D eigenvalue weighted by molar-refractivity contribution is -0.142. The number of nitrogens with one attached hydrogen (secondary N) is 2. The second-order valence-corrected chi connectivity index (χ2v) is 5.60. The minimum Gasteiger partial charge on any atom is -0.362 e. The third-order valence-corrected chi connectivity index (χ3v) is 3.60. The Kier molecular flexibility index (Phi) is 4.14. The monoisotopic (exact) mass is 375 g/mol. The van der Waals surface area contributed by atoms with Gasteiger partial charge in [0, 0.05) is 24.2 Å². The molecular formula is C15H12F3N9. The van der Waals surface area contributed by atoms with Gasteiger partial charge in [0.2, 0.25) is 0 Å². The molecule has 0 aliphatic heterocycles. The number of pyridine rings is 1. The summed E-state index contributed by atoms with van der Waals surface area (Å²) in [5.41, 5.74) is 0.983. The Morgan fingerprint density at radius 3 is 2.74 bits per heavy atom. The third kappa shape index (κ3) is 3.83. The van der Waals surface area contributed by atoms with Crippen LogP contribution in [0.1, 0.15) is 5.82 Å². The van der Waals surface area contributed by atoms with E-state index >= 15 is 0 Å². The number of hydrogen-bond acceptors (Lipinski definition) is 7. The molecule has 0 spiro atoms. The first-order valence-electron chi connectivity index (χ1n) is 7.78. The summed E-state index contributed by atoms with van der Waals surface area (Å²) >= 11 is 0. The highest BCUT2D eigenvalue weighted by atomic mass is 19.4. The molecule has 0 amide bonds. The molecule has 9 nitrogen and oxygen atoms in total. The van der Waals surface area contributed by atoms with Gasteiger partial charge in [-0.2, -0.15) is 23.4 Å². The first-order chi connectivity index (χ1) is 13.0. The van der Waals surface area contributed by atoms with E-state index in [2.05, 4.69) is 40.5 Å². The minimum atomic E-state index is -4.37. The van der Waals surface area contributed by atoms with Gasteiger partial charge in [0.1, 0.15) is 24.5 Å². The number of anilines is 1. The molecule has 12 heteroatoms. The van der Waals surface area contributed by atoms with E-state index in [0.29, 0.717) is 22.9 Å². The zero-order valence-electron chi connectivity index (χ0n) is 13.6. The molecule has 4 heterocycles. The van der Waals surface area contributed by atoms with Gasteiger partial charge >= 0.3 is 6.18 Å². The van der Waals surface area contributed by atoms with Crippen molar-refractivity contribution in [3.8, 4) is 11.4 Å². The summed E-state index contributed by atoms with van der Waals surface area (Å²) in [6.07, 6.45) is 1.40. The average molecular weight is 375 g/mol. The van der Waals surface area contributed by atoms with Gasteiger partial charge in [0.15, 0.2) is 11.5 Å². The molecule has 0 saturated heterocycles. The molecule has 0 aliphatic carbocycles. The van der Waals surface area contributed by atoms with Crippen molar-refractivity contribution in [1.82, 2.24) is 39.9 Å². The number of halogens is 3. The van der Waals surface area contributed by atoms with Crippen molar-refractivity contribution in [2.75, 3.05) is 5.32 Å². The van der Waals surface area contributed by atoms with Gasteiger partial charge in [0.05, 0.1) is 11.9 Å². The van der Waals surface area contributed by atoms with Gasteiger partial charge in [-0.15, -0.1) is 0 Å². The molecule has 4 aromatic rings. The van der Waals surface area contributed by atoms with E-state index in [9.17, 15) is 13.2 Å². The van der Waals surface area contributed by atoms with Crippen molar-refractivity contribution in [3.63, 3.8) is 0 Å². The minimum absolute atomic E-state index is 0.173. The summed E-state index contributed by atoms with van der Waals surface area (Å²) < 4.78 is 38.4. The van der Waals surface area contributed by atoms with Crippen molar-refractivity contribution >= 4 is 16.9 Å². The number of alkyl halides is 3. The largest absolute Gasteiger partial charge is 0.408 e. The van der Waals surface area contributed by atoms with Crippen LogP contribution in [0.5, 0.6) is 0 Å². The molecule has 0 fully saturated rings. The lowest BCUT2D eigenvalue weighted by Crippen LogP contribution is -2.17. The first-order valence-corrected chi connectivity index (χ1v) is 7.78. The van der Waals surface area contributed by atoms with Gasteiger partial charge in [-0.05, 0) is 12.1 Å². The Morgan fingerprint density at radius 1 is 1.15 bits per heavy atom. The second-order valence-electron chi connectivity index (χ2n) is 5.60. The Bertz CT molecular complexity index is 1060. The zero-order chi connectivity index (χ0) is 18.9. The quantitative estimate of drug-likeness (QED) is 0.550. The van der Waals surface area contributed by atoms with Gasteiger partial charge in [-0.3, -0.25) is 14.8 Å². The molecular weight excluding hydrogens is 363 g/mol. The smallest absolute Gasteiger partial charge is 0.362 e. The van der Waals surface area contributed by atoms with Crippen molar-refractivity contribution in [3.05, 3.63) is 42.9 Å². The molecule has 4 rings (SSSR count). The molecule has 0 saturated carbocycles. The van der Waals surface area contributed by atoms with E-state index in [1.54, 1.807) is 24.5 Å². The molecule has 0 bridgehead atoms. The summed E-state index contributed by atoms with van der Waals surface area (Å²) in [6, 6.07) is 3.56. The van der Waals surface area contributed by atoms with E-state index in [4.69, 9.17) is 0 Å². The maximum absolute atomic E-state index is 12.5. The molecule has 2 N–H and O–H groups in total. The van der Waals surface area contributed by atoms with Crippen molar-refractivity contribution in [2.24, 2.45) is 0 Å². The molecule has 4 aromatic heterocycles. The predicted molar refractivity (Wildman–Crippen MR) is 88.3 cm³/mol. The number of aromatic nitrogens is 8. The third-order valence-electron chi connectivity index (χ3n) is 3.60. The zero-order valence-corrected chi connectivity index (χ0v) is 13.6. The average Bonchev–Trinajstić information content (AvgIpc) is 3.25. The molecule has 0 atom stereocenters. The number of fused-ring (bicyclic) bond motifs is 1. The van der Waals surface area contributed by atoms with Crippen molar-refractivity contribution in [2.45, 2.75) is 19.3 Å². The van der Waals surface area contributed by atoms with Crippen LogP contribution in [0.3, 0.4) is 0 Å². The fraction of sp³-hybridized carbons (Fsp3) is 0.200. The number of nitrogens with zero attached hydrogens (tertiary/aromatic N) is 7. The van der Waals surface area contributed by atoms with Crippen LogP contribution in [0, 0.1) is 0 Å². The predicted octanol–water partition coefficient (Wildman–Crippen LogP) is 2.18. The van der Waals surface area contributed by atoms with Crippen LogP contribution in [0.2, 0.25) is 0 Å².